The Morgan fingerprint density at radius 1 is 0.786 bits per heavy atom. The lowest BCUT2D eigenvalue weighted by molar-refractivity contribution is 0.103. The molecule has 6 rings (SSSR count). The summed E-state index contributed by atoms with van der Waals surface area (Å²) in [6.45, 7) is 6.91. The van der Waals surface area contributed by atoms with E-state index in [1.54, 1.807) is 11.6 Å². The zero-order valence-corrected chi connectivity index (χ0v) is 24.8. The van der Waals surface area contributed by atoms with Crippen molar-refractivity contribution in [2.24, 2.45) is 7.05 Å². The minimum absolute atomic E-state index is 0.0196. The molecular formula is C35H34N4O2S. The molecule has 5 aromatic rings. The first kappa shape index (κ1) is 27.9. The van der Waals surface area contributed by atoms with E-state index in [0.717, 1.165) is 49.4 Å². The number of anilines is 1. The summed E-state index contributed by atoms with van der Waals surface area (Å²) in [5, 5.41) is 1.35. The highest BCUT2D eigenvalue weighted by atomic mass is 32.2. The summed E-state index contributed by atoms with van der Waals surface area (Å²) in [6.07, 6.45) is 0. The van der Waals surface area contributed by atoms with E-state index < -0.39 is 0 Å². The topological polar surface area (TPSA) is 58.4 Å². The highest BCUT2D eigenvalue weighted by Crippen LogP contribution is 2.24. The van der Waals surface area contributed by atoms with Crippen molar-refractivity contribution < 1.29 is 4.79 Å². The van der Waals surface area contributed by atoms with E-state index in [-0.39, 0.29) is 11.3 Å². The van der Waals surface area contributed by atoms with Gasteiger partial charge in [0.1, 0.15) is 0 Å². The van der Waals surface area contributed by atoms with Crippen molar-refractivity contribution >= 4 is 34.1 Å². The van der Waals surface area contributed by atoms with Crippen LogP contribution in [0.25, 0.3) is 10.9 Å². The van der Waals surface area contributed by atoms with Gasteiger partial charge in [0.05, 0.1) is 10.9 Å². The molecule has 1 saturated heterocycles. The van der Waals surface area contributed by atoms with Crippen LogP contribution in [0.2, 0.25) is 0 Å². The lowest BCUT2D eigenvalue weighted by Gasteiger charge is -2.36. The van der Waals surface area contributed by atoms with Gasteiger partial charge in [-0.15, -0.1) is 0 Å². The van der Waals surface area contributed by atoms with E-state index in [4.69, 9.17) is 4.98 Å². The fraction of sp³-hybridized carbons (Fsp3) is 0.229. The number of benzene rings is 4. The van der Waals surface area contributed by atoms with Crippen LogP contribution in [0.1, 0.15) is 32.6 Å². The van der Waals surface area contributed by atoms with Crippen LogP contribution in [0.15, 0.2) is 107 Å². The summed E-state index contributed by atoms with van der Waals surface area (Å²) in [7, 11) is 1.77. The molecule has 0 atom stereocenters. The Morgan fingerprint density at radius 2 is 1.43 bits per heavy atom. The number of thioether (sulfide) groups is 1. The van der Waals surface area contributed by atoms with E-state index in [1.807, 2.05) is 61.5 Å². The number of rotatable bonds is 8. The molecule has 0 unspecified atom stereocenters. The predicted octanol–water partition coefficient (Wildman–Crippen LogP) is 6.09. The maximum absolute atomic E-state index is 13.2. The molecule has 0 bridgehead atoms. The molecular weight excluding hydrogens is 540 g/mol. The molecule has 2 heterocycles. The molecule has 0 aliphatic carbocycles. The van der Waals surface area contributed by atoms with Crippen molar-refractivity contribution in [3.8, 4) is 0 Å². The molecule has 0 spiro atoms. The van der Waals surface area contributed by atoms with Crippen LogP contribution in [0, 0.1) is 6.92 Å². The van der Waals surface area contributed by atoms with Crippen molar-refractivity contribution in [2.75, 3.05) is 31.1 Å². The van der Waals surface area contributed by atoms with Crippen LogP contribution in [-0.2, 0) is 19.3 Å². The van der Waals surface area contributed by atoms with Gasteiger partial charge in [-0.25, -0.2) is 4.98 Å². The third-order valence-electron chi connectivity index (χ3n) is 7.97. The van der Waals surface area contributed by atoms with Crippen molar-refractivity contribution in [3.63, 3.8) is 0 Å². The van der Waals surface area contributed by atoms with Gasteiger partial charge in [-0.2, -0.15) is 0 Å². The van der Waals surface area contributed by atoms with Crippen LogP contribution >= 0.6 is 11.8 Å². The molecule has 0 radical (unpaired) electrons. The normalized spacial score (nSPS) is 13.9. The largest absolute Gasteiger partial charge is 0.369 e. The third kappa shape index (κ3) is 6.03. The van der Waals surface area contributed by atoms with E-state index in [2.05, 4.69) is 52.3 Å². The van der Waals surface area contributed by atoms with Gasteiger partial charge < -0.3 is 4.90 Å². The van der Waals surface area contributed by atoms with E-state index in [0.29, 0.717) is 27.4 Å². The fourth-order valence-corrected chi connectivity index (χ4v) is 6.40. The van der Waals surface area contributed by atoms with Crippen LogP contribution in [0.5, 0.6) is 0 Å². The smallest absolute Gasteiger partial charge is 0.262 e. The Bertz CT molecular complexity index is 1760. The quantitative estimate of drug-likeness (QED) is 0.127. The Balaban J connectivity index is 1.04. The van der Waals surface area contributed by atoms with Gasteiger partial charge in [0.15, 0.2) is 10.9 Å². The Labute approximate surface area is 250 Å². The zero-order chi connectivity index (χ0) is 29.1. The van der Waals surface area contributed by atoms with Gasteiger partial charge in [0.25, 0.3) is 5.56 Å². The van der Waals surface area contributed by atoms with Crippen LogP contribution in [0.4, 0.5) is 5.69 Å². The molecule has 0 amide bonds. The zero-order valence-electron chi connectivity index (χ0n) is 24.0. The van der Waals surface area contributed by atoms with Crippen molar-refractivity contribution in [3.05, 3.63) is 135 Å². The van der Waals surface area contributed by atoms with Crippen LogP contribution in [-0.4, -0.2) is 46.4 Å². The number of aryl methyl sites for hydroxylation is 1. The number of hydrogen-bond donors (Lipinski definition) is 0. The monoisotopic (exact) mass is 574 g/mol. The molecule has 1 aliphatic heterocycles. The number of carbonyl (C=O) groups excluding carboxylic acids is 1. The summed E-state index contributed by atoms with van der Waals surface area (Å²) >= 11 is 1.52. The number of para-hydroxylation sites is 1. The first-order valence-corrected chi connectivity index (χ1v) is 15.3. The number of piperazine rings is 1. The molecule has 42 heavy (non-hydrogen) atoms. The Kier molecular flexibility index (Phi) is 8.22. The summed E-state index contributed by atoms with van der Waals surface area (Å²) in [4.78, 5) is 35.7. The lowest BCUT2D eigenvalue weighted by atomic mass is 10.0. The summed E-state index contributed by atoms with van der Waals surface area (Å²) in [5.41, 5.74) is 6.56. The van der Waals surface area contributed by atoms with Crippen molar-refractivity contribution in [1.29, 1.82) is 0 Å². The van der Waals surface area contributed by atoms with Gasteiger partial charge in [-0.3, -0.25) is 19.1 Å². The Hall–Kier alpha value is -4.20. The second kappa shape index (κ2) is 12.3. The molecule has 7 heteroatoms. The van der Waals surface area contributed by atoms with E-state index >= 15 is 0 Å². The molecule has 1 aliphatic rings. The average molecular weight is 575 g/mol. The average Bonchev–Trinajstić information content (AvgIpc) is 3.03. The standard InChI is InChI=1S/C35H34N4O2S/c1-25-7-6-10-31-32(25)34(41)37(2)35(36-31)42-24-27-13-17-29(18-14-27)33(40)28-15-11-26(12-16-28)23-38-19-21-39(22-20-38)30-8-4-3-5-9-30/h3-18H,19-24H2,1-2H3. The fourth-order valence-electron chi connectivity index (χ4n) is 5.48. The number of ketones is 1. The first-order valence-electron chi connectivity index (χ1n) is 14.3. The molecule has 4 aromatic carbocycles. The third-order valence-corrected chi connectivity index (χ3v) is 9.07. The minimum Gasteiger partial charge on any atom is -0.369 e. The second-order valence-corrected chi connectivity index (χ2v) is 11.8. The second-order valence-electron chi connectivity index (χ2n) is 10.8. The SMILES string of the molecule is Cc1cccc2nc(SCc3ccc(C(=O)c4ccc(CN5CCN(c6ccccc6)CC5)cc4)cc3)n(C)c(=O)c12. The summed E-state index contributed by atoms with van der Waals surface area (Å²) in [5.74, 6) is 0.673. The number of hydrogen-bond acceptors (Lipinski definition) is 6. The Morgan fingerprint density at radius 3 is 2.10 bits per heavy atom. The van der Waals surface area contributed by atoms with Gasteiger partial charge in [-0.05, 0) is 41.8 Å². The van der Waals surface area contributed by atoms with Gasteiger partial charge in [-0.1, -0.05) is 90.6 Å². The van der Waals surface area contributed by atoms with Crippen molar-refractivity contribution in [2.45, 2.75) is 24.4 Å². The van der Waals surface area contributed by atoms with Crippen LogP contribution in [0.3, 0.4) is 0 Å². The number of carbonyl (C=O) groups is 1. The maximum Gasteiger partial charge on any atom is 0.262 e. The molecule has 6 nitrogen and oxygen atoms in total. The maximum atomic E-state index is 13.2. The highest BCUT2D eigenvalue weighted by molar-refractivity contribution is 7.98. The van der Waals surface area contributed by atoms with Crippen LogP contribution < -0.4 is 10.5 Å². The predicted molar refractivity (Wildman–Crippen MR) is 172 cm³/mol. The van der Waals surface area contributed by atoms with Gasteiger partial charge >= 0.3 is 0 Å². The molecule has 212 valence electrons. The number of fused-ring (bicyclic) bond motifs is 1. The first-order chi connectivity index (χ1) is 20.5. The molecule has 1 aromatic heterocycles. The summed E-state index contributed by atoms with van der Waals surface area (Å²) < 4.78 is 1.62. The van der Waals surface area contributed by atoms with Gasteiger partial charge in [0, 0.05) is 62.3 Å². The minimum atomic E-state index is -0.0294. The van der Waals surface area contributed by atoms with E-state index in [9.17, 15) is 9.59 Å². The summed E-state index contributed by atoms with van der Waals surface area (Å²) in [6, 6.07) is 32.1. The van der Waals surface area contributed by atoms with Gasteiger partial charge in [0.2, 0.25) is 0 Å². The molecule has 0 saturated carbocycles. The molecule has 0 N–H and O–H groups in total. The number of nitrogens with zero attached hydrogens (tertiary/aromatic N) is 4. The molecule has 1 fully saturated rings. The number of aromatic nitrogens is 2. The lowest BCUT2D eigenvalue weighted by Crippen LogP contribution is -2.45. The van der Waals surface area contributed by atoms with E-state index in [1.165, 1.54) is 23.0 Å². The highest BCUT2D eigenvalue weighted by Gasteiger charge is 2.18. The van der Waals surface area contributed by atoms with Crippen molar-refractivity contribution in [1.82, 2.24) is 14.5 Å².